The van der Waals surface area contributed by atoms with Gasteiger partial charge in [-0.25, -0.2) is 0 Å². The van der Waals surface area contributed by atoms with E-state index in [0.717, 1.165) is 48.2 Å². The average Bonchev–Trinajstić information content (AvgIpc) is 2.55. The molecule has 3 rings (SSSR count). The van der Waals surface area contributed by atoms with Crippen molar-refractivity contribution in [1.29, 1.82) is 0 Å². The molecule has 2 heterocycles. The van der Waals surface area contributed by atoms with Gasteiger partial charge < -0.3 is 9.88 Å². The van der Waals surface area contributed by atoms with Crippen LogP contribution in [0.4, 0.5) is 0 Å². The van der Waals surface area contributed by atoms with E-state index in [9.17, 15) is 9.59 Å². The van der Waals surface area contributed by atoms with Gasteiger partial charge in [0.15, 0.2) is 0 Å². The SMILES string of the molecule is CCC(=O)N1CCN(Cc2cc3ccc(C)cc3[nH]c2=O)CC1. The summed E-state index contributed by atoms with van der Waals surface area (Å²) in [6.45, 7) is 7.67. The van der Waals surface area contributed by atoms with Crippen LogP contribution in [0.3, 0.4) is 0 Å². The zero-order chi connectivity index (χ0) is 16.4. The van der Waals surface area contributed by atoms with Gasteiger partial charge in [-0.2, -0.15) is 0 Å². The number of pyridine rings is 1. The Bertz CT molecular complexity index is 773. The molecule has 5 nitrogen and oxygen atoms in total. The molecule has 1 fully saturated rings. The lowest BCUT2D eigenvalue weighted by Gasteiger charge is -2.34. The number of carbonyl (C=O) groups excluding carboxylic acids is 1. The van der Waals surface area contributed by atoms with Gasteiger partial charge in [0.1, 0.15) is 0 Å². The number of piperazine rings is 1. The third kappa shape index (κ3) is 3.45. The van der Waals surface area contributed by atoms with Crippen molar-refractivity contribution in [2.24, 2.45) is 0 Å². The number of hydrogen-bond donors (Lipinski definition) is 1. The first kappa shape index (κ1) is 15.7. The maximum absolute atomic E-state index is 12.3. The summed E-state index contributed by atoms with van der Waals surface area (Å²) in [5.41, 5.74) is 2.79. The van der Waals surface area contributed by atoms with E-state index in [2.05, 4.69) is 16.0 Å². The number of nitrogens with zero attached hydrogens (tertiary/aromatic N) is 2. The summed E-state index contributed by atoms with van der Waals surface area (Å²) in [6, 6.07) is 8.08. The smallest absolute Gasteiger partial charge is 0.252 e. The molecule has 1 aromatic heterocycles. The van der Waals surface area contributed by atoms with Gasteiger partial charge in [-0.1, -0.05) is 19.1 Å². The number of aromatic amines is 1. The van der Waals surface area contributed by atoms with Crippen LogP contribution in [0.5, 0.6) is 0 Å². The van der Waals surface area contributed by atoms with Gasteiger partial charge >= 0.3 is 0 Å². The molecule has 0 unspecified atom stereocenters. The van der Waals surface area contributed by atoms with Crippen LogP contribution in [0.2, 0.25) is 0 Å². The lowest BCUT2D eigenvalue weighted by Crippen LogP contribution is -2.48. The maximum atomic E-state index is 12.3. The third-order valence-electron chi connectivity index (χ3n) is 4.50. The van der Waals surface area contributed by atoms with Crippen molar-refractivity contribution in [2.45, 2.75) is 26.8 Å². The highest BCUT2D eigenvalue weighted by Crippen LogP contribution is 2.14. The highest BCUT2D eigenvalue weighted by atomic mass is 16.2. The van der Waals surface area contributed by atoms with Crippen LogP contribution in [0, 0.1) is 6.92 Å². The molecular formula is C18H23N3O2. The highest BCUT2D eigenvalue weighted by molar-refractivity contribution is 5.79. The fourth-order valence-corrected chi connectivity index (χ4v) is 3.10. The van der Waals surface area contributed by atoms with E-state index >= 15 is 0 Å². The Morgan fingerprint density at radius 3 is 2.61 bits per heavy atom. The van der Waals surface area contributed by atoms with Crippen molar-refractivity contribution in [3.8, 4) is 0 Å². The Balaban J connectivity index is 1.73. The first-order valence-electron chi connectivity index (χ1n) is 8.19. The minimum absolute atomic E-state index is 0.0184. The predicted molar refractivity (Wildman–Crippen MR) is 91.5 cm³/mol. The summed E-state index contributed by atoms with van der Waals surface area (Å²) in [4.78, 5) is 31.1. The molecule has 5 heteroatoms. The van der Waals surface area contributed by atoms with Gasteiger partial charge in [0.2, 0.25) is 5.91 Å². The number of amides is 1. The van der Waals surface area contributed by atoms with E-state index in [-0.39, 0.29) is 11.5 Å². The molecule has 2 aromatic rings. The van der Waals surface area contributed by atoms with Crippen LogP contribution in [0.1, 0.15) is 24.5 Å². The first-order valence-corrected chi connectivity index (χ1v) is 8.19. The molecule has 1 aromatic carbocycles. The van der Waals surface area contributed by atoms with Crippen molar-refractivity contribution in [3.05, 3.63) is 45.7 Å². The first-order chi connectivity index (χ1) is 11.1. The van der Waals surface area contributed by atoms with E-state index in [1.54, 1.807) is 0 Å². The molecule has 0 atom stereocenters. The van der Waals surface area contributed by atoms with Crippen LogP contribution in [0.25, 0.3) is 10.9 Å². The van der Waals surface area contributed by atoms with Crippen molar-refractivity contribution in [2.75, 3.05) is 26.2 Å². The Morgan fingerprint density at radius 1 is 1.17 bits per heavy atom. The number of fused-ring (bicyclic) bond motifs is 1. The van der Waals surface area contributed by atoms with E-state index < -0.39 is 0 Å². The van der Waals surface area contributed by atoms with Crippen molar-refractivity contribution in [1.82, 2.24) is 14.8 Å². The van der Waals surface area contributed by atoms with Gasteiger partial charge in [0.25, 0.3) is 5.56 Å². The molecule has 23 heavy (non-hydrogen) atoms. The van der Waals surface area contributed by atoms with Crippen molar-refractivity contribution < 1.29 is 4.79 Å². The third-order valence-corrected chi connectivity index (χ3v) is 4.50. The standard InChI is InChI=1S/C18H23N3O2/c1-3-17(22)21-8-6-20(7-9-21)12-15-11-14-5-4-13(2)10-16(14)19-18(15)23/h4-5,10-11H,3,6-9,12H2,1-2H3,(H,19,23). The molecule has 1 aliphatic rings. The Labute approximate surface area is 135 Å². The normalized spacial score (nSPS) is 16.0. The van der Waals surface area contributed by atoms with Crippen LogP contribution in [-0.4, -0.2) is 46.9 Å². The van der Waals surface area contributed by atoms with Crippen LogP contribution in [0.15, 0.2) is 29.1 Å². The second kappa shape index (κ2) is 6.54. The molecule has 1 N–H and O–H groups in total. The number of aryl methyl sites for hydroxylation is 1. The van der Waals surface area contributed by atoms with Crippen molar-refractivity contribution >= 4 is 16.8 Å². The molecule has 1 aliphatic heterocycles. The maximum Gasteiger partial charge on any atom is 0.252 e. The molecule has 0 radical (unpaired) electrons. The zero-order valence-electron chi connectivity index (χ0n) is 13.8. The quantitative estimate of drug-likeness (QED) is 0.941. The number of hydrogen-bond acceptors (Lipinski definition) is 3. The minimum Gasteiger partial charge on any atom is -0.340 e. The minimum atomic E-state index is -0.0184. The van der Waals surface area contributed by atoms with Gasteiger partial charge in [0, 0.05) is 50.2 Å². The summed E-state index contributed by atoms with van der Waals surface area (Å²) in [5.74, 6) is 0.212. The monoisotopic (exact) mass is 313 g/mol. The van der Waals surface area contributed by atoms with Gasteiger partial charge in [0.05, 0.1) is 0 Å². The largest absolute Gasteiger partial charge is 0.340 e. The topological polar surface area (TPSA) is 56.4 Å². The number of benzene rings is 1. The number of aromatic nitrogens is 1. The molecule has 0 aliphatic carbocycles. The summed E-state index contributed by atoms with van der Waals surface area (Å²) in [5, 5.41) is 1.06. The molecule has 0 bridgehead atoms. The Kier molecular flexibility index (Phi) is 4.48. The van der Waals surface area contributed by atoms with Gasteiger partial charge in [-0.3, -0.25) is 14.5 Å². The number of nitrogens with one attached hydrogen (secondary N) is 1. The fourth-order valence-electron chi connectivity index (χ4n) is 3.10. The molecular weight excluding hydrogens is 290 g/mol. The number of carbonyl (C=O) groups is 1. The van der Waals surface area contributed by atoms with E-state index in [1.807, 2.05) is 36.9 Å². The second-order valence-corrected chi connectivity index (χ2v) is 6.22. The molecule has 1 amide bonds. The fraction of sp³-hybridized carbons (Fsp3) is 0.444. The lowest BCUT2D eigenvalue weighted by molar-refractivity contribution is -0.132. The number of H-pyrrole nitrogens is 1. The van der Waals surface area contributed by atoms with E-state index in [1.165, 1.54) is 0 Å². The van der Waals surface area contributed by atoms with E-state index in [0.29, 0.717) is 13.0 Å². The highest BCUT2D eigenvalue weighted by Gasteiger charge is 2.20. The Morgan fingerprint density at radius 2 is 1.91 bits per heavy atom. The zero-order valence-corrected chi connectivity index (χ0v) is 13.8. The van der Waals surface area contributed by atoms with Gasteiger partial charge in [-0.05, 0) is 30.0 Å². The van der Waals surface area contributed by atoms with Crippen LogP contribution in [-0.2, 0) is 11.3 Å². The van der Waals surface area contributed by atoms with Crippen molar-refractivity contribution in [3.63, 3.8) is 0 Å². The molecule has 122 valence electrons. The van der Waals surface area contributed by atoms with E-state index in [4.69, 9.17) is 0 Å². The molecule has 1 saturated heterocycles. The Hall–Kier alpha value is -2.14. The summed E-state index contributed by atoms with van der Waals surface area (Å²) in [7, 11) is 0. The number of rotatable bonds is 3. The lowest BCUT2D eigenvalue weighted by atomic mass is 10.1. The predicted octanol–water partition coefficient (Wildman–Crippen LogP) is 1.89. The van der Waals surface area contributed by atoms with Crippen LogP contribution >= 0.6 is 0 Å². The summed E-state index contributed by atoms with van der Waals surface area (Å²) >= 11 is 0. The van der Waals surface area contributed by atoms with Crippen LogP contribution < -0.4 is 5.56 Å². The molecule has 0 saturated carbocycles. The van der Waals surface area contributed by atoms with Gasteiger partial charge in [-0.15, -0.1) is 0 Å². The summed E-state index contributed by atoms with van der Waals surface area (Å²) in [6.07, 6.45) is 0.559. The average molecular weight is 313 g/mol. The summed E-state index contributed by atoms with van der Waals surface area (Å²) < 4.78 is 0. The second-order valence-electron chi connectivity index (χ2n) is 6.22. The molecule has 0 spiro atoms.